The molecule has 27 heavy (non-hydrogen) atoms. The fourth-order valence-electron chi connectivity index (χ4n) is 7.64. The highest BCUT2D eigenvalue weighted by molar-refractivity contribution is 5.77. The van der Waals surface area contributed by atoms with Crippen LogP contribution in [-0.4, -0.2) is 11.6 Å². The van der Waals surface area contributed by atoms with Crippen molar-refractivity contribution < 1.29 is 9.53 Å². The van der Waals surface area contributed by atoms with Gasteiger partial charge in [0.15, 0.2) is 0 Å². The van der Waals surface area contributed by atoms with Crippen LogP contribution in [0.4, 0.5) is 0 Å². The molecule has 8 atom stereocenters. The van der Waals surface area contributed by atoms with Crippen molar-refractivity contribution in [2.24, 2.45) is 46.8 Å². The highest BCUT2D eigenvalue weighted by atomic mass is 16.6. The number of hydrogen-bond donors (Lipinski definition) is 0. The molecule has 3 rings (SSSR count). The highest BCUT2D eigenvalue weighted by Gasteiger charge is 2.65. The van der Waals surface area contributed by atoms with Crippen molar-refractivity contribution in [3.8, 4) is 0 Å². The SMILES string of the molecule is CCCCC1(OC(=O)C(C)(CC)CC(C)C)CC2CC1C1C(C)CC(C)C21. The summed E-state index contributed by atoms with van der Waals surface area (Å²) in [6.45, 7) is 15.9. The molecule has 3 fully saturated rings. The normalized spacial score (nSPS) is 42.4. The second kappa shape index (κ2) is 7.71. The zero-order valence-corrected chi connectivity index (χ0v) is 19.0. The minimum absolute atomic E-state index is 0.0950. The minimum Gasteiger partial charge on any atom is -0.458 e. The van der Waals surface area contributed by atoms with Crippen LogP contribution >= 0.6 is 0 Å². The summed E-state index contributed by atoms with van der Waals surface area (Å²) < 4.78 is 6.64. The Labute approximate surface area is 168 Å². The van der Waals surface area contributed by atoms with Gasteiger partial charge >= 0.3 is 5.97 Å². The molecule has 0 aromatic heterocycles. The van der Waals surface area contributed by atoms with E-state index in [1.807, 2.05) is 0 Å². The lowest BCUT2D eigenvalue weighted by molar-refractivity contribution is -0.185. The van der Waals surface area contributed by atoms with Gasteiger partial charge in [0, 0.05) is 5.92 Å². The van der Waals surface area contributed by atoms with E-state index < -0.39 is 0 Å². The van der Waals surface area contributed by atoms with Crippen LogP contribution < -0.4 is 0 Å². The Hall–Kier alpha value is -0.530. The third-order valence-corrected chi connectivity index (χ3v) is 8.73. The van der Waals surface area contributed by atoms with E-state index in [9.17, 15) is 4.79 Å². The van der Waals surface area contributed by atoms with Crippen LogP contribution in [0.15, 0.2) is 0 Å². The maximum Gasteiger partial charge on any atom is 0.312 e. The molecule has 156 valence electrons. The van der Waals surface area contributed by atoms with E-state index in [0.29, 0.717) is 11.8 Å². The van der Waals surface area contributed by atoms with E-state index in [0.717, 1.165) is 55.3 Å². The van der Waals surface area contributed by atoms with Crippen molar-refractivity contribution in [2.45, 2.75) is 105 Å². The molecule has 0 aliphatic heterocycles. The van der Waals surface area contributed by atoms with Gasteiger partial charge in [0.25, 0.3) is 0 Å². The van der Waals surface area contributed by atoms with Crippen LogP contribution in [-0.2, 0) is 9.53 Å². The van der Waals surface area contributed by atoms with Crippen LogP contribution in [0.1, 0.15) is 99.8 Å². The largest absolute Gasteiger partial charge is 0.458 e. The molecule has 8 unspecified atom stereocenters. The van der Waals surface area contributed by atoms with Crippen molar-refractivity contribution in [1.82, 2.24) is 0 Å². The van der Waals surface area contributed by atoms with E-state index in [1.165, 1.54) is 25.7 Å². The Kier molecular flexibility index (Phi) is 6.05. The van der Waals surface area contributed by atoms with Gasteiger partial charge in [-0.3, -0.25) is 4.79 Å². The molecule has 3 aliphatic rings. The minimum atomic E-state index is -0.330. The van der Waals surface area contributed by atoms with Gasteiger partial charge in [0.05, 0.1) is 5.41 Å². The maximum absolute atomic E-state index is 13.4. The molecule has 2 bridgehead atoms. The first kappa shape index (κ1) is 21.2. The van der Waals surface area contributed by atoms with E-state index in [-0.39, 0.29) is 17.0 Å². The Bertz CT molecular complexity index is 540. The third kappa shape index (κ3) is 3.60. The van der Waals surface area contributed by atoms with Gasteiger partial charge in [-0.05, 0) is 87.4 Å². The standard InChI is InChI=1S/C25H44O2/c1-8-10-11-25(27-23(26)24(7,9-2)14-16(3)4)15-19-13-20(25)22-18(6)12-17(5)21(19)22/h16-22H,8-15H2,1-7H3. The van der Waals surface area contributed by atoms with Crippen molar-refractivity contribution in [3.63, 3.8) is 0 Å². The van der Waals surface area contributed by atoms with E-state index in [2.05, 4.69) is 48.5 Å². The summed E-state index contributed by atoms with van der Waals surface area (Å²) in [5.41, 5.74) is -0.492. The Morgan fingerprint density at radius 3 is 2.41 bits per heavy atom. The summed E-state index contributed by atoms with van der Waals surface area (Å²) >= 11 is 0. The molecule has 0 heterocycles. The molecule has 3 aliphatic carbocycles. The third-order valence-electron chi connectivity index (χ3n) is 8.73. The lowest BCUT2D eigenvalue weighted by Crippen LogP contribution is -2.49. The molecule has 2 nitrogen and oxygen atoms in total. The number of ether oxygens (including phenoxy) is 1. The zero-order chi connectivity index (χ0) is 20.0. The monoisotopic (exact) mass is 376 g/mol. The van der Waals surface area contributed by atoms with Gasteiger partial charge in [-0.1, -0.05) is 48.0 Å². The summed E-state index contributed by atoms with van der Waals surface area (Å²) in [5.74, 6) is 5.38. The Morgan fingerprint density at radius 1 is 1.15 bits per heavy atom. The lowest BCUT2D eigenvalue weighted by atomic mass is 9.67. The molecule has 0 spiro atoms. The lowest BCUT2D eigenvalue weighted by Gasteiger charge is -2.45. The Morgan fingerprint density at radius 2 is 1.81 bits per heavy atom. The van der Waals surface area contributed by atoms with E-state index in [1.54, 1.807) is 0 Å². The number of rotatable bonds is 8. The summed E-state index contributed by atoms with van der Waals surface area (Å²) in [6.07, 6.45) is 9.10. The number of carbonyl (C=O) groups excluding carboxylic acids is 1. The number of fused-ring (bicyclic) bond motifs is 5. The zero-order valence-electron chi connectivity index (χ0n) is 19.0. The molecule has 0 radical (unpaired) electrons. The van der Waals surface area contributed by atoms with Crippen molar-refractivity contribution in [3.05, 3.63) is 0 Å². The van der Waals surface area contributed by atoms with Crippen LogP contribution in [0.5, 0.6) is 0 Å². The fraction of sp³-hybridized carbons (Fsp3) is 0.960. The first-order valence-electron chi connectivity index (χ1n) is 11.9. The highest BCUT2D eigenvalue weighted by Crippen LogP contribution is 2.67. The summed E-state index contributed by atoms with van der Waals surface area (Å²) in [5, 5.41) is 0. The number of unbranched alkanes of at least 4 members (excludes halogenated alkanes) is 1. The first-order chi connectivity index (χ1) is 12.7. The van der Waals surface area contributed by atoms with Crippen LogP contribution in [0.25, 0.3) is 0 Å². The molecule has 2 heteroatoms. The topological polar surface area (TPSA) is 26.3 Å². The number of esters is 1. The fourth-order valence-corrected chi connectivity index (χ4v) is 7.64. The van der Waals surface area contributed by atoms with E-state index in [4.69, 9.17) is 4.74 Å². The Balaban J connectivity index is 1.84. The summed E-state index contributed by atoms with van der Waals surface area (Å²) in [7, 11) is 0. The second-order valence-electron chi connectivity index (χ2n) is 11.2. The maximum atomic E-state index is 13.4. The number of hydrogen-bond acceptors (Lipinski definition) is 2. The van der Waals surface area contributed by atoms with Gasteiger partial charge < -0.3 is 4.74 Å². The van der Waals surface area contributed by atoms with Crippen LogP contribution in [0.2, 0.25) is 0 Å². The molecule has 0 saturated heterocycles. The number of carbonyl (C=O) groups is 1. The van der Waals surface area contributed by atoms with Crippen LogP contribution in [0.3, 0.4) is 0 Å². The molecule has 0 aromatic carbocycles. The quantitative estimate of drug-likeness (QED) is 0.432. The molecule has 0 aromatic rings. The molecular weight excluding hydrogens is 332 g/mol. The molecular formula is C25H44O2. The van der Waals surface area contributed by atoms with Crippen molar-refractivity contribution >= 4 is 5.97 Å². The molecule has 0 amide bonds. The van der Waals surface area contributed by atoms with Gasteiger partial charge in [0.1, 0.15) is 5.60 Å². The van der Waals surface area contributed by atoms with Crippen molar-refractivity contribution in [2.75, 3.05) is 0 Å². The van der Waals surface area contributed by atoms with Gasteiger partial charge in [0.2, 0.25) is 0 Å². The second-order valence-corrected chi connectivity index (χ2v) is 11.2. The van der Waals surface area contributed by atoms with Gasteiger partial charge in [-0.2, -0.15) is 0 Å². The predicted molar refractivity (Wildman–Crippen MR) is 112 cm³/mol. The van der Waals surface area contributed by atoms with Crippen molar-refractivity contribution in [1.29, 1.82) is 0 Å². The van der Waals surface area contributed by atoms with E-state index >= 15 is 0 Å². The van der Waals surface area contributed by atoms with Gasteiger partial charge in [-0.15, -0.1) is 0 Å². The predicted octanol–water partition coefficient (Wildman–Crippen LogP) is 6.87. The summed E-state index contributed by atoms with van der Waals surface area (Å²) in [6, 6.07) is 0. The average Bonchev–Trinajstić information content (AvgIpc) is 3.23. The average molecular weight is 377 g/mol. The summed E-state index contributed by atoms with van der Waals surface area (Å²) in [4.78, 5) is 13.4. The molecule has 3 saturated carbocycles. The smallest absolute Gasteiger partial charge is 0.312 e. The molecule has 0 N–H and O–H groups in total. The van der Waals surface area contributed by atoms with Gasteiger partial charge in [-0.25, -0.2) is 0 Å². The first-order valence-corrected chi connectivity index (χ1v) is 11.9. The van der Waals surface area contributed by atoms with Crippen LogP contribution in [0, 0.1) is 46.8 Å².